The van der Waals surface area contributed by atoms with Gasteiger partial charge in [0.25, 0.3) is 0 Å². The van der Waals surface area contributed by atoms with Crippen LogP contribution in [0.3, 0.4) is 0 Å². The van der Waals surface area contributed by atoms with Gasteiger partial charge in [0.2, 0.25) is 5.91 Å². The second-order valence-electron chi connectivity index (χ2n) is 8.63. The number of benzene rings is 1. The van der Waals surface area contributed by atoms with Crippen molar-refractivity contribution in [1.82, 2.24) is 0 Å². The van der Waals surface area contributed by atoms with Gasteiger partial charge in [0.05, 0.1) is 22.6 Å². The van der Waals surface area contributed by atoms with Crippen LogP contribution in [0.2, 0.25) is 0 Å². The topological polar surface area (TPSA) is 50.8 Å². The Kier molecular flexibility index (Phi) is 3.71. The fourth-order valence-electron chi connectivity index (χ4n) is 3.46. The highest BCUT2D eigenvalue weighted by atomic mass is 16.7. The maximum Gasteiger partial charge on any atom is 0.494 e. The molecule has 5 nitrogen and oxygen atoms in total. The summed E-state index contributed by atoms with van der Waals surface area (Å²) in [6.45, 7) is 11.0. The van der Waals surface area contributed by atoms with E-state index in [-0.39, 0.29) is 29.1 Å². The lowest BCUT2D eigenvalue weighted by Crippen LogP contribution is -2.45. The van der Waals surface area contributed by atoms with Gasteiger partial charge in [-0.15, -0.1) is 0 Å². The van der Waals surface area contributed by atoms with Crippen LogP contribution in [0.25, 0.3) is 0 Å². The van der Waals surface area contributed by atoms with Crippen molar-refractivity contribution < 1.29 is 14.1 Å². The quantitative estimate of drug-likeness (QED) is 0.840. The van der Waals surface area contributed by atoms with E-state index in [2.05, 4.69) is 46.0 Å². The summed E-state index contributed by atoms with van der Waals surface area (Å²) in [6.07, 6.45) is 2.03. The summed E-state index contributed by atoms with van der Waals surface area (Å²) in [5.74, 6) is 0.458. The van der Waals surface area contributed by atoms with E-state index in [4.69, 9.17) is 9.31 Å². The third-order valence-electron chi connectivity index (χ3n) is 5.89. The monoisotopic (exact) mass is 342 g/mol. The summed E-state index contributed by atoms with van der Waals surface area (Å²) in [4.78, 5) is 14.7. The highest BCUT2D eigenvalue weighted by Gasteiger charge is 2.52. The van der Waals surface area contributed by atoms with Crippen molar-refractivity contribution in [2.75, 3.05) is 16.8 Å². The van der Waals surface area contributed by atoms with Gasteiger partial charge in [-0.1, -0.05) is 6.07 Å². The number of nitrogens with zero attached hydrogens (tertiary/aromatic N) is 1. The van der Waals surface area contributed by atoms with E-state index in [0.29, 0.717) is 6.54 Å². The Morgan fingerprint density at radius 3 is 2.44 bits per heavy atom. The largest absolute Gasteiger partial charge is 0.494 e. The molecular formula is C19H27BN2O3. The molecule has 1 aliphatic carbocycles. The van der Waals surface area contributed by atoms with Gasteiger partial charge in [-0.05, 0) is 65.1 Å². The Balaban J connectivity index is 1.67. The Morgan fingerprint density at radius 2 is 1.84 bits per heavy atom. The Hall–Kier alpha value is -1.53. The number of rotatable bonds is 2. The van der Waals surface area contributed by atoms with Crippen LogP contribution >= 0.6 is 0 Å². The van der Waals surface area contributed by atoms with Gasteiger partial charge < -0.3 is 19.5 Å². The molecule has 6 heteroatoms. The molecule has 0 spiro atoms. The number of fused-ring (bicyclic) bond motifs is 1. The Bertz CT molecular complexity index is 699. The van der Waals surface area contributed by atoms with Crippen LogP contribution < -0.4 is 15.7 Å². The summed E-state index contributed by atoms with van der Waals surface area (Å²) < 4.78 is 12.3. The first kappa shape index (κ1) is 16.9. The van der Waals surface area contributed by atoms with Crippen molar-refractivity contribution in [2.45, 2.75) is 64.7 Å². The molecule has 1 saturated heterocycles. The SMILES string of the molecule is C[C@H]1CN(C(=O)C2CC2)c2cc(B3OC(C)(C)C(C)(C)O3)ccc2N1. The zero-order valence-corrected chi connectivity index (χ0v) is 15.8. The van der Waals surface area contributed by atoms with Gasteiger partial charge in [0.15, 0.2) is 0 Å². The number of amides is 1. The smallest absolute Gasteiger partial charge is 0.399 e. The molecule has 0 aromatic heterocycles. The molecule has 3 aliphatic rings. The number of nitrogens with one attached hydrogen (secondary N) is 1. The third-order valence-corrected chi connectivity index (χ3v) is 5.89. The summed E-state index contributed by atoms with van der Waals surface area (Å²) >= 11 is 0. The van der Waals surface area contributed by atoms with Gasteiger partial charge in [0.1, 0.15) is 0 Å². The third kappa shape index (κ3) is 2.85. The van der Waals surface area contributed by atoms with Crippen LogP contribution in [0, 0.1) is 5.92 Å². The van der Waals surface area contributed by atoms with Crippen molar-refractivity contribution in [1.29, 1.82) is 0 Å². The predicted octanol–water partition coefficient (Wildman–Crippen LogP) is 2.54. The number of carbonyl (C=O) groups is 1. The molecule has 25 heavy (non-hydrogen) atoms. The van der Waals surface area contributed by atoms with Crippen LogP contribution in [-0.4, -0.2) is 36.8 Å². The van der Waals surface area contributed by atoms with Crippen LogP contribution in [-0.2, 0) is 14.1 Å². The predicted molar refractivity (Wildman–Crippen MR) is 100 cm³/mol. The van der Waals surface area contributed by atoms with E-state index in [9.17, 15) is 4.79 Å². The van der Waals surface area contributed by atoms with Crippen LogP contribution in [0.15, 0.2) is 18.2 Å². The van der Waals surface area contributed by atoms with Gasteiger partial charge in [-0.25, -0.2) is 0 Å². The molecule has 2 aliphatic heterocycles. The zero-order chi connectivity index (χ0) is 18.0. The van der Waals surface area contributed by atoms with E-state index in [1.54, 1.807) is 0 Å². The molecule has 0 unspecified atom stereocenters. The lowest BCUT2D eigenvalue weighted by molar-refractivity contribution is -0.119. The van der Waals surface area contributed by atoms with E-state index in [1.807, 2.05) is 17.0 Å². The van der Waals surface area contributed by atoms with E-state index < -0.39 is 7.12 Å². The first-order chi connectivity index (χ1) is 11.7. The Labute approximate surface area is 150 Å². The van der Waals surface area contributed by atoms with E-state index in [0.717, 1.165) is 29.7 Å². The van der Waals surface area contributed by atoms with Crippen molar-refractivity contribution in [2.24, 2.45) is 5.92 Å². The molecule has 134 valence electrons. The molecule has 2 heterocycles. The molecular weight excluding hydrogens is 315 g/mol. The lowest BCUT2D eigenvalue weighted by Gasteiger charge is -2.35. The van der Waals surface area contributed by atoms with Gasteiger partial charge >= 0.3 is 7.12 Å². The van der Waals surface area contributed by atoms with Crippen LogP contribution in [0.1, 0.15) is 47.5 Å². The normalized spacial score (nSPS) is 27.0. The van der Waals surface area contributed by atoms with Crippen molar-refractivity contribution in [3.8, 4) is 0 Å². The molecule has 1 saturated carbocycles. The molecule has 1 aromatic carbocycles. The first-order valence-electron chi connectivity index (χ1n) is 9.25. The molecule has 1 N–H and O–H groups in total. The summed E-state index contributed by atoms with van der Waals surface area (Å²) in [5.41, 5.74) is 2.17. The second-order valence-corrected chi connectivity index (χ2v) is 8.63. The number of hydrogen-bond acceptors (Lipinski definition) is 4. The fraction of sp³-hybridized carbons (Fsp3) is 0.632. The minimum absolute atomic E-state index is 0.207. The van der Waals surface area contributed by atoms with Crippen LogP contribution in [0.4, 0.5) is 11.4 Å². The first-order valence-corrected chi connectivity index (χ1v) is 9.25. The van der Waals surface area contributed by atoms with E-state index >= 15 is 0 Å². The molecule has 4 rings (SSSR count). The molecule has 1 amide bonds. The molecule has 0 radical (unpaired) electrons. The number of anilines is 2. The average Bonchev–Trinajstić information content (AvgIpc) is 3.33. The highest BCUT2D eigenvalue weighted by molar-refractivity contribution is 6.62. The fourth-order valence-corrected chi connectivity index (χ4v) is 3.46. The average molecular weight is 342 g/mol. The van der Waals surface area contributed by atoms with Gasteiger partial charge in [-0.2, -0.15) is 0 Å². The van der Waals surface area contributed by atoms with Crippen LogP contribution in [0.5, 0.6) is 0 Å². The summed E-state index contributed by atoms with van der Waals surface area (Å²) in [5, 5.41) is 3.48. The lowest BCUT2D eigenvalue weighted by atomic mass is 9.78. The highest BCUT2D eigenvalue weighted by Crippen LogP contribution is 2.39. The van der Waals surface area contributed by atoms with Crippen molar-refractivity contribution >= 4 is 29.9 Å². The Morgan fingerprint density at radius 1 is 1.20 bits per heavy atom. The molecule has 2 fully saturated rings. The second kappa shape index (κ2) is 5.48. The summed E-state index contributed by atoms with van der Waals surface area (Å²) in [6, 6.07) is 6.37. The molecule has 1 aromatic rings. The minimum Gasteiger partial charge on any atom is -0.399 e. The number of carbonyl (C=O) groups excluding carboxylic acids is 1. The minimum atomic E-state index is -0.410. The maximum absolute atomic E-state index is 12.7. The molecule has 1 atom stereocenters. The van der Waals surface area contributed by atoms with Crippen molar-refractivity contribution in [3.63, 3.8) is 0 Å². The maximum atomic E-state index is 12.7. The van der Waals surface area contributed by atoms with Crippen molar-refractivity contribution in [3.05, 3.63) is 18.2 Å². The van der Waals surface area contributed by atoms with Gasteiger partial charge in [0, 0.05) is 18.5 Å². The standard InChI is InChI=1S/C19H27BN2O3/c1-12-11-22(17(23)13-6-7-13)16-10-14(8-9-15(16)21-12)20-24-18(2,3)19(4,5)25-20/h8-10,12-13,21H,6-7,11H2,1-5H3/t12-/m0/s1. The summed E-state index contributed by atoms with van der Waals surface area (Å²) in [7, 11) is -0.410. The van der Waals surface area contributed by atoms with Gasteiger partial charge in [-0.3, -0.25) is 4.79 Å². The number of hydrogen-bond donors (Lipinski definition) is 1. The molecule has 0 bridgehead atoms. The zero-order valence-electron chi connectivity index (χ0n) is 15.8. The van der Waals surface area contributed by atoms with E-state index in [1.165, 1.54) is 0 Å².